The molecule has 68 valence electrons. The van der Waals surface area contributed by atoms with Crippen molar-refractivity contribution in [1.82, 2.24) is 0 Å². The van der Waals surface area contributed by atoms with Crippen LogP contribution in [0.4, 0.5) is 0 Å². The van der Waals surface area contributed by atoms with Gasteiger partial charge in [0.2, 0.25) is 0 Å². The lowest BCUT2D eigenvalue weighted by atomic mass is 9.78. The van der Waals surface area contributed by atoms with Gasteiger partial charge in [-0.05, 0) is 11.5 Å². The predicted molar refractivity (Wildman–Crippen MR) is 45.8 cm³/mol. The second-order valence-electron chi connectivity index (χ2n) is 3.74. The van der Waals surface area contributed by atoms with Crippen molar-refractivity contribution >= 4 is 11.8 Å². The average molecular weight is 170 g/mol. The van der Waals surface area contributed by atoms with Gasteiger partial charge in [0, 0.05) is 0 Å². The Labute approximate surface area is 72.1 Å². The highest BCUT2D eigenvalue weighted by molar-refractivity contribution is 6.04. The molecule has 1 N–H and O–H groups in total. The molecule has 0 aromatic heterocycles. The Balaban J connectivity index is 4.80. The largest absolute Gasteiger partial charge is 0.481 e. The smallest absolute Gasteiger partial charge is 0.314 e. The fraction of sp³-hybridized carbons (Fsp3) is 0.556. The van der Waals surface area contributed by atoms with Gasteiger partial charge < -0.3 is 5.11 Å². The van der Waals surface area contributed by atoms with Crippen LogP contribution in [0.3, 0.4) is 0 Å². The summed E-state index contributed by atoms with van der Waals surface area (Å²) >= 11 is 0. The number of carboxylic acids is 1. The third-order valence-corrected chi connectivity index (χ3v) is 1.60. The van der Waals surface area contributed by atoms with Crippen molar-refractivity contribution in [3.8, 4) is 0 Å². The van der Waals surface area contributed by atoms with E-state index in [4.69, 9.17) is 5.11 Å². The van der Waals surface area contributed by atoms with Crippen molar-refractivity contribution in [2.24, 2.45) is 11.3 Å². The molecule has 3 nitrogen and oxygen atoms in total. The number of allylic oxidation sites excluding steroid dienone is 1. The van der Waals surface area contributed by atoms with E-state index in [-0.39, 0.29) is 0 Å². The number of hydrogen-bond donors (Lipinski definition) is 1. The van der Waals surface area contributed by atoms with E-state index in [2.05, 4.69) is 6.58 Å². The van der Waals surface area contributed by atoms with E-state index >= 15 is 0 Å². The van der Waals surface area contributed by atoms with Gasteiger partial charge in [0.25, 0.3) is 0 Å². The van der Waals surface area contributed by atoms with E-state index in [1.807, 2.05) is 0 Å². The Bertz CT molecular complexity index is 210. The topological polar surface area (TPSA) is 54.4 Å². The van der Waals surface area contributed by atoms with E-state index in [1.54, 1.807) is 20.8 Å². The van der Waals surface area contributed by atoms with E-state index in [0.29, 0.717) is 0 Å². The molecule has 0 aliphatic rings. The Morgan fingerprint density at radius 2 is 1.83 bits per heavy atom. The molecule has 0 amide bonds. The zero-order chi connectivity index (χ0) is 9.94. The molecule has 0 saturated heterocycles. The fourth-order valence-corrected chi connectivity index (χ4v) is 1.04. The van der Waals surface area contributed by atoms with Crippen LogP contribution < -0.4 is 0 Å². The minimum absolute atomic E-state index is 0.435. The molecule has 1 atom stereocenters. The van der Waals surface area contributed by atoms with Gasteiger partial charge in [-0.15, -0.1) is 0 Å². The molecule has 0 radical (unpaired) electrons. The molecule has 0 aliphatic heterocycles. The first kappa shape index (κ1) is 10.9. The number of aliphatic carboxylic acids is 1. The van der Waals surface area contributed by atoms with Crippen molar-refractivity contribution in [3.63, 3.8) is 0 Å². The summed E-state index contributed by atoms with van der Waals surface area (Å²) < 4.78 is 0. The molecule has 0 aliphatic carbocycles. The second-order valence-corrected chi connectivity index (χ2v) is 3.74. The summed E-state index contributed by atoms with van der Waals surface area (Å²) in [5.41, 5.74) is -0.558. The SMILES string of the molecule is C=CC(=O)C(C(=O)O)C(C)(C)C. The standard InChI is InChI=1S/C9H14O3/c1-5-6(10)7(8(11)12)9(2,3)4/h5,7H,1H2,2-4H3,(H,11,12). The lowest BCUT2D eigenvalue weighted by Gasteiger charge is -2.24. The van der Waals surface area contributed by atoms with Crippen molar-refractivity contribution in [2.75, 3.05) is 0 Å². The van der Waals surface area contributed by atoms with Crippen LogP contribution in [0.1, 0.15) is 20.8 Å². The van der Waals surface area contributed by atoms with E-state index in [1.165, 1.54) is 0 Å². The van der Waals surface area contributed by atoms with Crippen molar-refractivity contribution in [3.05, 3.63) is 12.7 Å². The van der Waals surface area contributed by atoms with E-state index in [0.717, 1.165) is 6.08 Å². The monoisotopic (exact) mass is 170 g/mol. The zero-order valence-corrected chi connectivity index (χ0v) is 7.63. The molecular formula is C9H14O3. The zero-order valence-electron chi connectivity index (χ0n) is 7.63. The first-order valence-corrected chi connectivity index (χ1v) is 3.69. The van der Waals surface area contributed by atoms with Crippen LogP contribution in [-0.2, 0) is 9.59 Å². The molecule has 0 bridgehead atoms. The quantitative estimate of drug-likeness (QED) is 0.515. The molecular weight excluding hydrogens is 156 g/mol. The van der Waals surface area contributed by atoms with Crippen molar-refractivity contribution in [2.45, 2.75) is 20.8 Å². The number of carbonyl (C=O) groups is 2. The second kappa shape index (κ2) is 3.52. The third-order valence-electron chi connectivity index (χ3n) is 1.60. The van der Waals surface area contributed by atoms with Crippen molar-refractivity contribution in [1.29, 1.82) is 0 Å². The first-order valence-electron chi connectivity index (χ1n) is 3.69. The molecule has 1 unspecified atom stereocenters. The highest BCUT2D eigenvalue weighted by Gasteiger charge is 2.35. The molecule has 12 heavy (non-hydrogen) atoms. The van der Waals surface area contributed by atoms with Gasteiger partial charge in [-0.25, -0.2) is 0 Å². The van der Waals surface area contributed by atoms with Gasteiger partial charge in [0.15, 0.2) is 5.78 Å². The minimum atomic E-state index is -1.09. The molecule has 0 rings (SSSR count). The number of ketones is 1. The van der Waals surface area contributed by atoms with E-state index in [9.17, 15) is 9.59 Å². The first-order chi connectivity index (χ1) is 5.30. The Kier molecular flexibility index (Phi) is 3.19. The highest BCUT2D eigenvalue weighted by Crippen LogP contribution is 2.27. The van der Waals surface area contributed by atoms with Crippen LogP contribution in [0.5, 0.6) is 0 Å². The number of carboxylic acid groups (broad SMARTS) is 1. The van der Waals surface area contributed by atoms with Crippen LogP contribution in [-0.4, -0.2) is 16.9 Å². The highest BCUT2D eigenvalue weighted by atomic mass is 16.4. The van der Waals surface area contributed by atoms with Gasteiger partial charge in [0.05, 0.1) is 0 Å². The minimum Gasteiger partial charge on any atom is -0.481 e. The maximum Gasteiger partial charge on any atom is 0.314 e. The number of rotatable bonds is 3. The third kappa shape index (κ3) is 2.49. The average Bonchev–Trinajstić information content (AvgIpc) is 1.83. The van der Waals surface area contributed by atoms with Gasteiger partial charge in [-0.3, -0.25) is 9.59 Å². The summed E-state index contributed by atoms with van der Waals surface area (Å²) in [4.78, 5) is 21.8. The summed E-state index contributed by atoms with van der Waals surface area (Å²) in [7, 11) is 0. The Morgan fingerprint density at radius 1 is 1.42 bits per heavy atom. The number of hydrogen-bond acceptors (Lipinski definition) is 2. The molecule has 0 fully saturated rings. The van der Waals surface area contributed by atoms with Gasteiger partial charge >= 0.3 is 5.97 Å². The van der Waals surface area contributed by atoms with Crippen LogP contribution >= 0.6 is 0 Å². The maximum atomic E-state index is 11.1. The predicted octanol–water partition coefficient (Wildman–Crippen LogP) is 1.49. The molecule has 0 aromatic carbocycles. The molecule has 0 spiro atoms. The Morgan fingerprint density at radius 3 is 1.92 bits per heavy atom. The van der Waals surface area contributed by atoms with Crippen LogP contribution in [0.2, 0.25) is 0 Å². The summed E-state index contributed by atoms with van der Waals surface area (Å²) in [6.07, 6.45) is 1.06. The molecule has 0 saturated carbocycles. The Hall–Kier alpha value is -1.12. The lowest BCUT2D eigenvalue weighted by molar-refractivity contribution is -0.149. The number of carbonyl (C=O) groups excluding carboxylic acids is 1. The normalized spacial score (nSPS) is 13.6. The molecule has 0 heterocycles. The maximum absolute atomic E-state index is 11.1. The van der Waals surface area contributed by atoms with Crippen molar-refractivity contribution < 1.29 is 14.7 Å². The van der Waals surface area contributed by atoms with Gasteiger partial charge in [-0.1, -0.05) is 27.4 Å². The summed E-state index contributed by atoms with van der Waals surface area (Å²) in [6.45, 7) is 8.41. The van der Waals surface area contributed by atoms with Gasteiger partial charge in [-0.2, -0.15) is 0 Å². The molecule has 3 heteroatoms. The fourth-order valence-electron chi connectivity index (χ4n) is 1.04. The van der Waals surface area contributed by atoms with Crippen LogP contribution in [0.15, 0.2) is 12.7 Å². The lowest BCUT2D eigenvalue weighted by Crippen LogP contribution is -2.34. The summed E-state index contributed by atoms with van der Waals surface area (Å²) in [6, 6.07) is 0. The van der Waals surface area contributed by atoms with Gasteiger partial charge in [0.1, 0.15) is 5.92 Å². The van der Waals surface area contributed by atoms with Crippen LogP contribution in [0, 0.1) is 11.3 Å². The molecule has 0 aromatic rings. The summed E-state index contributed by atoms with van der Waals surface area (Å²) in [5.74, 6) is -2.52. The van der Waals surface area contributed by atoms with E-state index < -0.39 is 23.1 Å². The summed E-state index contributed by atoms with van der Waals surface area (Å²) in [5, 5.41) is 8.74. The van der Waals surface area contributed by atoms with Crippen LogP contribution in [0.25, 0.3) is 0 Å².